The molecule has 0 aliphatic rings. The van der Waals surface area contributed by atoms with Crippen LogP contribution in [0.15, 0.2) is 23.1 Å². The molecule has 0 aliphatic heterocycles. The molecule has 2 aromatic carbocycles. The monoisotopic (exact) mass is 374 g/mol. The van der Waals surface area contributed by atoms with Crippen LogP contribution in [-0.4, -0.2) is 4.21 Å². The Labute approximate surface area is 134 Å². The zero-order valence-corrected chi connectivity index (χ0v) is 12.7. The summed E-state index contributed by atoms with van der Waals surface area (Å²) in [6.45, 7) is 0. The molecule has 0 spiro atoms. The first-order chi connectivity index (χ1) is 10.2. The molecule has 2 aromatic rings. The van der Waals surface area contributed by atoms with Gasteiger partial charge in [-0.3, -0.25) is 4.21 Å². The van der Waals surface area contributed by atoms with Crippen LogP contribution in [0.25, 0.3) is 0 Å². The molecule has 1 nitrogen and oxygen atoms in total. The lowest BCUT2D eigenvalue weighted by Crippen LogP contribution is -2.09. The second-order valence-electron chi connectivity index (χ2n) is 4.11. The summed E-state index contributed by atoms with van der Waals surface area (Å²) in [5, 5.41) is 0.191. The van der Waals surface area contributed by atoms with E-state index in [0.29, 0.717) is 0 Å². The Morgan fingerprint density at radius 2 is 1.36 bits per heavy atom. The minimum Gasteiger partial charge on any atom is -0.254 e. The van der Waals surface area contributed by atoms with E-state index in [2.05, 4.69) is 0 Å². The van der Waals surface area contributed by atoms with Gasteiger partial charge in [0.25, 0.3) is 0 Å². The normalized spacial score (nSPS) is 12.5. The molecular formula is C13H5Cl2F5OS. The molecule has 0 aliphatic carbocycles. The minimum absolute atomic E-state index is 0.0324. The summed E-state index contributed by atoms with van der Waals surface area (Å²) in [5.74, 6) is -11.4. The smallest absolute Gasteiger partial charge is 0.200 e. The van der Waals surface area contributed by atoms with Gasteiger partial charge in [-0.1, -0.05) is 23.2 Å². The zero-order chi connectivity index (χ0) is 16.6. The Morgan fingerprint density at radius 3 is 1.86 bits per heavy atom. The maximum absolute atomic E-state index is 13.5. The van der Waals surface area contributed by atoms with Crippen molar-refractivity contribution < 1.29 is 26.2 Å². The molecule has 0 radical (unpaired) electrons. The third kappa shape index (κ3) is 3.11. The van der Waals surface area contributed by atoms with Gasteiger partial charge >= 0.3 is 0 Å². The first-order valence-electron chi connectivity index (χ1n) is 5.57. The van der Waals surface area contributed by atoms with Gasteiger partial charge in [0, 0.05) is 10.6 Å². The van der Waals surface area contributed by atoms with Gasteiger partial charge in [0.05, 0.1) is 26.5 Å². The molecule has 0 aromatic heterocycles. The van der Waals surface area contributed by atoms with Crippen molar-refractivity contribution in [3.8, 4) is 0 Å². The summed E-state index contributed by atoms with van der Waals surface area (Å²) in [5.41, 5.74) is -1.17. The largest absolute Gasteiger partial charge is 0.254 e. The average Bonchev–Trinajstić information content (AvgIpc) is 2.47. The average molecular weight is 375 g/mol. The molecule has 0 saturated heterocycles. The van der Waals surface area contributed by atoms with Gasteiger partial charge in [-0.05, 0) is 18.2 Å². The highest BCUT2D eigenvalue weighted by atomic mass is 35.5. The van der Waals surface area contributed by atoms with Crippen molar-refractivity contribution in [3.63, 3.8) is 0 Å². The van der Waals surface area contributed by atoms with Gasteiger partial charge in [-0.2, -0.15) is 0 Å². The van der Waals surface area contributed by atoms with Gasteiger partial charge in [0.15, 0.2) is 23.3 Å². The molecule has 0 saturated carbocycles. The highest BCUT2D eigenvalue weighted by Gasteiger charge is 2.27. The molecule has 9 heteroatoms. The second-order valence-corrected chi connectivity index (χ2v) is 6.38. The molecule has 2 rings (SSSR count). The lowest BCUT2D eigenvalue weighted by Gasteiger charge is -2.09. The fourth-order valence-electron chi connectivity index (χ4n) is 1.65. The summed E-state index contributed by atoms with van der Waals surface area (Å²) < 4.78 is 78.2. The number of hydrogen-bond acceptors (Lipinski definition) is 1. The predicted octanol–water partition coefficient (Wildman–Crippen LogP) is 5.00. The molecule has 118 valence electrons. The Kier molecular flexibility index (Phi) is 5.09. The summed E-state index contributed by atoms with van der Waals surface area (Å²) in [4.78, 5) is -0.0324. The van der Waals surface area contributed by atoms with Crippen molar-refractivity contribution in [1.29, 1.82) is 0 Å². The fourth-order valence-corrected chi connectivity index (χ4v) is 3.48. The van der Waals surface area contributed by atoms with Crippen molar-refractivity contribution in [2.45, 2.75) is 10.6 Å². The first-order valence-corrected chi connectivity index (χ1v) is 7.65. The van der Waals surface area contributed by atoms with Crippen molar-refractivity contribution in [2.24, 2.45) is 0 Å². The van der Waals surface area contributed by atoms with Gasteiger partial charge in [-0.15, -0.1) is 0 Å². The van der Waals surface area contributed by atoms with Crippen LogP contribution in [0.2, 0.25) is 10.0 Å². The molecule has 0 bridgehead atoms. The van der Waals surface area contributed by atoms with Gasteiger partial charge in [-0.25, -0.2) is 22.0 Å². The molecular weight excluding hydrogens is 370 g/mol. The van der Waals surface area contributed by atoms with Gasteiger partial charge in [0.1, 0.15) is 0 Å². The highest BCUT2D eigenvalue weighted by molar-refractivity contribution is 7.84. The van der Waals surface area contributed by atoms with Gasteiger partial charge < -0.3 is 0 Å². The zero-order valence-electron chi connectivity index (χ0n) is 10.4. The fraction of sp³-hybridized carbons (Fsp3) is 0.0769. The first kappa shape index (κ1) is 17.2. The van der Waals surface area contributed by atoms with Crippen molar-refractivity contribution in [3.05, 3.63) is 62.9 Å². The van der Waals surface area contributed by atoms with Crippen LogP contribution in [0.3, 0.4) is 0 Å². The molecule has 0 unspecified atom stereocenters. The van der Waals surface area contributed by atoms with Crippen LogP contribution in [0.1, 0.15) is 5.56 Å². The molecule has 0 amide bonds. The van der Waals surface area contributed by atoms with E-state index in [4.69, 9.17) is 23.2 Å². The van der Waals surface area contributed by atoms with Crippen LogP contribution in [0, 0.1) is 29.1 Å². The Bertz CT molecular complexity index is 753. The number of benzene rings is 2. The van der Waals surface area contributed by atoms with E-state index in [0.717, 1.165) is 0 Å². The molecule has 22 heavy (non-hydrogen) atoms. The van der Waals surface area contributed by atoms with E-state index in [1.807, 2.05) is 0 Å². The topological polar surface area (TPSA) is 17.1 Å². The number of halogens is 7. The summed E-state index contributed by atoms with van der Waals surface area (Å²) in [6.07, 6.45) is 0. The maximum atomic E-state index is 13.5. The Balaban J connectivity index is 2.45. The number of rotatable bonds is 3. The Hall–Kier alpha value is -1.18. The molecule has 0 N–H and O–H groups in total. The Morgan fingerprint density at radius 1 is 0.864 bits per heavy atom. The molecule has 0 fully saturated rings. The van der Waals surface area contributed by atoms with E-state index in [9.17, 15) is 26.2 Å². The second kappa shape index (κ2) is 6.52. The lowest BCUT2D eigenvalue weighted by atomic mass is 10.2. The predicted molar refractivity (Wildman–Crippen MR) is 72.8 cm³/mol. The van der Waals surface area contributed by atoms with E-state index < -0.39 is 51.2 Å². The van der Waals surface area contributed by atoms with Crippen LogP contribution in [-0.2, 0) is 16.6 Å². The van der Waals surface area contributed by atoms with Gasteiger partial charge in [0.2, 0.25) is 5.82 Å². The summed E-state index contributed by atoms with van der Waals surface area (Å²) >= 11 is 11.4. The van der Waals surface area contributed by atoms with Crippen LogP contribution >= 0.6 is 23.2 Å². The van der Waals surface area contributed by atoms with Crippen LogP contribution in [0.4, 0.5) is 22.0 Å². The van der Waals surface area contributed by atoms with E-state index >= 15 is 0 Å². The molecule has 0 heterocycles. The quantitative estimate of drug-likeness (QED) is 0.419. The highest BCUT2D eigenvalue weighted by Crippen LogP contribution is 2.28. The standard InChI is InChI=1S/C13H5Cl2F5OS/c14-5-1-2-8(7(15)3-5)22(21)4-6-9(16)11(18)13(20)12(19)10(6)17/h1-3H,4H2/t22-/m1/s1. The van der Waals surface area contributed by atoms with E-state index in [1.165, 1.54) is 18.2 Å². The maximum Gasteiger partial charge on any atom is 0.200 e. The third-order valence-electron chi connectivity index (χ3n) is 2.72. The third-order valence-corrected chi connectivity index (χ3v) is 4.77. The van der Waals surface area contributed by atoms with E-state index in [-0.39, 0.29) is 14.9 Å². The van der Waals surface area contributed by atoms with Crippen LogP contribution < -0.4 is 0 Å². The SMILES string of the molecule is O=[S@](Cc1c(F)c(F)c(F)c(F)c1F)c1ccc(Cl)cc1Cl. The van der Waals surface area contributed by atoms with Crippen LogP contribution in [0.5, 0.6) is 0 Å². The van der Waals surface area contributed by atoms with Crippen molar-refractivity contribution in [2.75, 3.05) is 0 Å². The van der Waals surface area contributed by atoms with Crippen molar-refractivity contribution in [1.82, 2.24) is 0 Å². The molecule has 1 atom stereocenters. The lowest BCUT2D eigenvalue weighted by molar-refractivity contribution is 0.372. The van der Waals surface area contributed by atoms with Crippen molar-refractivity contribution >= 4 is 34.0 Å². The number of hydrogen-bond donors (Lipinski definition) is 0. The minimum atomic E-state index is -2.27. The van der Waals surface area contributed by atoms with E-state index in [1.54, 1.807) is 0 Å². The summed E-state index contributed by atoms with van der Waals surface area (Å²) in [6, 6.07) is 3.82. The summed E-state index contributed by atoms with van der Waals surface area (Å²) in [7, 11) is -2.12.